The Morgan fingerprint density at radius 3 is 2.44 bits per heavy atom. The highest BCUT2D eigenvalue weighted by Crippen LogP contribution is 2.21. The van der Waals surface area contributed by atoms with Gasteiger partial charge in [0.05, 0.1) is 6.04 Å². The van der Waals surface area contributed by atoms with E-state index in [1.165, 1.54) is 23.4 Å². The molecule has 27 heavy (non-hydrogen) atoms. The molecule has 1 unspecified atom stereocenters. The van der Waals surface area contributed by atoms with E-state index < -0.39 is 11.9 Å². The average Bonchev–Trinajstić information content (AvgIpc) is 3.10. The van der Waals surface area contributed by atoms with Crippen molar-refractivity contribution in [3.05, 3.63) is 62.9 Å². The first kappa shape index (κ1) is 19.1. The molecule has 0 bridgehead atoms. The Balaban J connectivity index is 1.85. The van der Waals surface area contributed by atoms with Gasteiger partial charge in [-0.05, 0) is 25.1 Å². The molecule has 3 rings (SSSR count). The van der Waals surface area contributed by atoms with Crippen LogP contribution in [0.4, 0.5) is 0 Å². The Labute approximate surface area is 170 Å². The molecule has 1 aromatic carbocycles. The Morgan fingerprint density at radius 2 is 1.78 bits per heavy atom. The van der Waals surface area contributed by atoms with Gasteiger partial charge in [0.25, 0.3) is 11.8 Å². The molecule has 0 aliphatic heterocycles. The second-order valence-electron chi connectivity index (χ2n) is 5.51. The van der Waals surface area contributed by atoms with E-state index in [9.17, 15) is 9.59 Å². The largest absolute Gasteiger partial charge is 0.364 e. The van der Waals surface area contributed by atoms with E-state index >= 15 is 0 Å². The van der Waals surface area contributed by atoms with Crippen molar-refractivity contribution >= 4 is 43.7 Å². The van der Waals surface area contributed by atoms with Gasteiger partial charge >= 0.3 is 0 Å². The standard InChI is InChI=1S/C16H13Br2N7O2/c1-8(24-16(27)9-2-10(17)4-11(18)3-9)15-22-7-23-25(15)13-5-12(14(19)26)20-6-21-13/h2-8H,1H3,(H2,19,26)(H,24,27). The van der Waals surface area contributed by atoms with Crippen molar-refractivity contribution in [2.45, 2.75) is 13.0 Å². The Hall–Kier alpha value is -2.66. The van der Waals surface area contributed by atoms with Gasteiger partial charge in [-0.1, -0.05) is 31.9 Å². The number of nitrogens with one attached hydrogen (secondary N) is 1. The molecule has 0 fully saturated rings. The fourth-order valence-electron chi connectivity index (χ4n) is 2.35. The highest BCUT2D eigenvalue weighted by Gasteiger charge is 2.19. The minimum Gasteiger partial charge on any atom is -0.364 e. The third kappa shape index (κ3) is 4.37. The summed E-state index contributed by atoms with van der Waals surface area (Å²) >= 11 is 6.72. The monoisotopic (exact) mass is 493 g/mol. The number of nitrogens with two attached hydrogens (primary N) is 1. The Bertz CT molecular complexity index is 1000. The average molecular weight is 495 g/mol. The summed E-state index contributed by atoms with van der Waals surface area (Å²) in [4.78, 5) is 35.9. The molecule has 0 saturated carbocycles. The molecule has 2 heterocycles. The summed E-state index contributed by atoms with van der Waals surface area (Å²) in [5, 5.41) is 6.97. The van der Waals surface area contributed by atoms with Crippen LogP contribution in [0.3, 0.4) is 0 Å². The van der Waals surface area contributed by atoms with Crippen LogP contribution in [-0.4, -0.2) is 36.5 Å². The first-order valence-electron chi connectivity index (χ1n) is 7.64. The molecular formula is C16H13Br2N7O2. The lowest BCUT2D eigenvalue weighted by molar-refractivity contribution is 0.0936. The Kier molecular flexibility index (Phi) is 5.61. The number of primary amides is 1. The van der Waals surface area contributed by atoms with E-state index in [1.807, 2.05) is 6.07 Å². The van der Waals surface area contributed by atoms with Crippen LogP contribution in [0.2, 0.25) is 0 Å². The number of hydrogen-bond acceptors (Lipinski definition) is 6. The van der Waals surface area contributed by atoms with E-state index in [-0.39, 0.29) is 11.6 Å². The van der Waals surface area contributed by atoms with Crippen molar-refractivity contribution in [3.63, 3.8) is 0 Å². The topological polar surface area (TPSA) is 129 Å². The lowest BCUT2D eigenvalue weighted by Crippen LogP contribution is -2.29. The maximum absolute atomic E-state index is 12.5. The van der Waals surface area contributed by atoms with Crippen molar-refractivity contribution < 1.29 is 9.59 Å². The third-order valence-corrected chi connectivity index (χ3v) is 4.47. The van der Waals surface area contributed by atoms with Crippen LogP contribution in [-0.2, 0) is 0 Å². The maximum Gasteiger partial charge on any atom is 0.267 e. The minimum atomic E-state index is -0.679. The summed E-state index contributed by atoms with van der Waals surface area (Å²) < 4.78 is 2.96. The van der Waals surface area contributed by atoms with Crippen molar-refractivity contribution in [1.29, 1.82) is 0 Å². The summed E-state index contributed by atoms with van der Waals surface area (Å²) in [7, 11) is 0. The fourth-order valence-corrected chi connectivity index (χ4v) is 3.64. The number of hydrogen-bond donors (Lipinski definition) is 2. The molecule has 3 aromatic rings. The summed E-state index contributed by atoms with van der Waals surface area (Å²) in [6, 6.07) is 6.18. The van der Waals surface area contributed by atoms with Gasteiger partial charge in [0.1, 0.15) is 18.3 Å². The molecule has 0 aliphatic rings. The van der Waals surface area contributed by atoms with Gasteiger partial charge < -0.3 is 11.1 Å². The van der Waals surface area contributed by atoms with E-state index in [4.69, 9.17) is 5.73 Å². The molecule has 2 amide bonds. The van der Waals surface area contributed by atoms with E-state index in [2.05, 4.69) is 57.2 Å². The van der Waals surface area contributed by atoms with Gasteiger partial charge in [0, 0.05) is 20.6 Å². The zero-order chi connectivity index (χ0) is 19.6. The Morgan fingerprint density at radius 1 is 1.07 bits per heavy atom. The fraction of sp³-hybridized carbons (Fsp3) is 0.125. The second kappa shape index (κ2) is 7.92. The van der Waals surface area contributed by atoms with E-state index in [0.717, 1.165) is 8.95 Å². The highest BCUT2D eigenvalue weighted by atomic mass is 79.9. The van der Waals surface area contributed by atoms with Crippen molar-refractivity contribution in [3.8, 4) is 5.82 Å². The van der Waals surface area contributed by atoms with Crippen LogP contribution in [0.1, 0.15) is 39.6 Å². The minimum absolute atomic E-state index is 0.0529. The number of carbonyl (C=O) groups is 2. The number of rotatable bonds is 5. The first-order valence-corrected chi connectivity index (χ1v) is 9.23. The van der Waals surface area contributed by atoms with Gasteiger partial charge in [-0.2, -0.15) is 9.78 Å². The number of aromatic nitrogens is 5. The smallest absolute Gasteiger partial charge is 0.267 e. The molecule has 0 radical (unpaired) electrons. The van der Waals surface area contributed by atoms with Crippen LogP contribution < -0.4 is 11.1 Å². The third-order valence-electron chi connectivity index (χ3n) is 3.56. The molecule has 0 spiro atoms. The molecule has 11 heteroatoms. The van der Waals surface area contributed by atoms with Gasteiger partial charge in [0.2, 0.25) is 0 Å². The molecule has 2 aromatic heterocycles. The highest BCUT2D eigenvalue weighted by molar-refractivity contribution is 9.11. The second-order valence-corrected chi connectivity index (χ2v) is 7.34. The van der Waals surface area contributed by atoms with Crippen LogP contribution in [0.5, 0.6) is 0 Å². The molecule has 1 atom stereocenters. The van der Waals surface area contributed by atoms with Crippen molar-refractivity contribution in [2.24, 2.45) is 5.73 Å². The van der Waals surface area contributed by atoms with Crippen LogP contribution >= 0.6 is 31.9 Å². The molecular weight excluding hydrogens is 482 g/mol. The first-order chi connectivity index (χ1) is 12.8. The lowest BCUT2D eigenvalue weighted by atomic mass is 10.2. The predicted molar refractivity (Wildman–Crippen MR) is 103 cm³/mol. The molecule has 0 aliphatic carbocycles. The van der Waals surface area contributed by atoms with E-state index in [0.29, 0.717) is 17.2 Å². The summed E-state index contributed by atoms with van der Waals surface area (Å²) in [5.41, 5.74) is 5.78. The van der Waals surface area contributed by atoms with Gasteiger partial charge in [-0.15, -0.1) is 0 Å². The maximum atomic E-state index is 12.5. The SMILES string of the molecule is CC(NC(=O)c1cc(Br)cc(Br)c1)c1ncnn1-c1cc(C(N)=O)ncn1. The van der Waals surface area contributed by atoms with Gasteiger partial charge in [-0.3, -0.25) is 9.59 Å². The van der Waals surface area contributed by atoms with Gasteiger partial charge in [-0.25, -0.2) is 15.0 Å². The van der Waals surface area contributed by atoms with Crippen molar-refractivity contribution in [2.75, 3.05) is 0 Å². The number of halogens is 2. The number of nitrogens with zero attached hydrogens (tertiary/aromatic N) is 5. The van der Waals surface area contributed by atoms with Crippen LogP contribution in [0.25, 0.3) is 5.82 Å². The molecule has 138 valence electrons. The summed E-state index contributed by atoms with van der Waals surface area (Å²) in [5.74, 6) is -0.203. The summed E-state index contributed by atoms with van der Waals surface area (Å²) in [6.07, 6.45) is 2.54. The molecule has 3 N–H and O–H groups in total. The number of carbonyl (C=O) groups excluding carboxylic acids is 2. The molecule has 9 nitrogen and oxygen atoms in total. The normalized spacial score (nSPS) is 11.8. The van der Waals surface area contributed by atoms with Crippen molar-refractivity contribution in [1.82, 2.24) is 30.0 Å². The van der Waals surface area contributed by atoms with Crippen LogP contribution in [0, 0.1) is 0 Å². The predicted octanol–water partition coefficient (Wildman–Crippen LogP) is 2.17. The quantitative estimate of drug-likeness (QED) is 0.559. The van der Waals surface area contributed by atoms with Gasteiger partial charge in [0.15, 0.2) is 11.6 Å². The zero-order valence-electron chi connectivity index (χ0n) is 13.9. The lowest BCUT2D eigenvalue weighted by Gasteiger charge is -2.14. The zero-order valence-corrected chi connectivity index (χ0v) is 17.1. The van der Waals surface area contributed by atoms with E-state index in [1.54, 1.807) is 19.1 Å². The van der Waals surface area contributed by atoms with Crippen LogP contribution in [0.15, 0.2) is 45.9 Å². The summed E-state index contributed by atoms with van der Waals surface area (Å²) in [6.45, 7) is 1.77. The molecule has 0 saturated heterocycles. The number of amides is 2. The number of benzene rings is 1.